The summed E-state index contributed by atoms with van der Waals surface area (Å²) in [6.45, 7) is 4.46. The minimum Gasteiger partial charge on any atom is -0.323 e. The normalized spacial score (nSPS) is 21.5. The molecule has 0 aromatic carbocycles. The summed E-state index contributed by atoms with van der Waals surface area (Å²) in [6, 6.07) is 4.41. The maximum Gasteiger partial charge on any atom is 0.150 e. The Balaban J connectivity index is 1.52. The van der Waals surface area contributed by atoms with Gasteiger partial charge in [-0.15, -0.1) is 0 Å². The van der Waals surface area contributed by atoms with Crippen LogP contribution in [0.5, 0.6) is 0 Å². The molecule has 1 saturated carbocycles. The van der Waals surface area contributed by atoms with E-state index in [1.165, 1.54) is 38.8 Å². The lowest BCUT2D eigenvalue weighted by atomic mass is 10.1. The van der Waals surface area contributed by atoms with Gasteiger partial charge in [-0.2, -0.15) is 0 Å². The molecule has 0 bridgehead atoms. The van der Waals surface area contributed by atoms with Gasteiger partial charge in [-0.1, -0.05) is 6.07 Å². The molecule has 0 unspecified atom stereocenters. The first-order valence-corrected chi connectivity index (χ1v) is 8.54. The summed E-state index contributed by atoms with van der Waals surface area (Å²) < 4.78 is 0. The average molecular weight is 309 g/mol. The molecule has 1 aliphatic carbocycles. The van der Waals surface area contributed by atoms with Gasteiger partial charge in [0.25, 0.3) is 0 Å². The summed E-state index contributed by atoms with van der Waals surface area (Å²) in [4.78, 5) is 16.2. The molecule has 5 heteroatoms. The van der Waals surface area contributed by atoms with Crippen molar-refractivity contribution in [1.29, 1.82) is 0 Å². The van der Waals surface area contributed by atoms with Gasteiger partial charge < -0.3 is 5.32 Å². The fourth-order valence-electron chi connectivity index (χ4n) is 3.35. The Hall–Kier alpha value is -2.01. The molecule has 4 rings (SSSR count). The lowest BCUT2D eigenvalue weighted by Gasteiger charge is -2.24. The average Bonchev–Trinajstić information content (AvgIpc) is 3.25. The van der Waals surface area contributed by atoms with E-state index in [1.807, 2.05) is 25.3 Å². The summed E-state index contributed by atoms with van der Waals surface area (Å²) in [7, 11) is 0. The Bertz CT molecular complexity index is 683. The Labute approximate surface area is 137 Å². The van der Waals surface area contributed by atoms with E-state index in [-0.39, 0.29) is 0 Å². The highest BCUT2D eigenvalue weighted by Crippen LogP contribution is 2.37. The molecule has 3 heterocycles. The molecule has 2 fully saturated rings. The molecule has 5 nitrogen and oxygen atoms in total. The Morgan fingerprint density at radius 1 is 1.26 bits per heavy atom. The number of nitrogens with zero attached hydrogens (tertiary/aromatic N) is 4. The van der Waals surface area contributed by atoms with E-state index < -0.39 is 0 Å². The number of pyridine rings is 1. The second kappa shape index (κ2) is 6.24. The highest BCUT2D eigenvalue weighted by molar-refractivity contribution is 5.54. The zero-order chi connectivity index (χ0) is 15.6. The predicted molar refractivity (Wildman–Crippen MR) is 90.6 cm³/mol. The number of nitrogens with one attached hydrogen (secondary N) is 1. The molecule has 0 radical (unpaired) electrons. The molecule has 1 N–H and O–H groups in total. The van der Waals surface area contributed by atoms with Crippen molar-refractivity contribution in [1.82, 2.24) is 19.9 Å². The largest absolute Gasteiger partial charge is 0.323 e. The van der Waals surface area contributed by atoms with Gasteiger partial charge in [0.15, 0.2) is 0 Å². The summed E-state index contributed by atoms with van der Waals surface area (Å²) in [5, 5.41) is 3.30. The molecule has 2 aliphatic rings. The minimum absolute atomic E-state index is 0.426. The van der Waals surface area contributed by atoms with Gasteiger partial charge in [-0.3, -0.25) is 9.88 Å². The number of aromatic nitrogens is 3. The van der Waals surface area contributed by atoms with Crippen LogP contribution in [0.1, 0.15) is 43.0 Å². The quantitative estimate of drug-likeness (QED) is 0.916. The van der Waals surface area contributed by atoms with Crippen LogP contribution in [0.25, 0.3) is 0 Å². The lowest BCUT2D eigenvalue weighted by Crippen LogP contribution is -2.26. The molecule has 0 amide bonds. The molecule has 1 saturated heterocycles. The third kappa shape index (κ3) is 3.34. The highest BCUT2D eigenvalue weighted by Gasteiger charge is 2.32. The highest BCUT2D eigenvalue weighted by atomic mass is 15.2. The van der Waals surface area contributed by atoms with E-state index in [2.05, 4.69) is 20.2 Å². The molecule has 0 spiro atoms. The van der Waals surface area contributed by atoms with Crippen molar-refractivity contribution in [3.63, 3.8) is 0 Å². The zero-order valence-corrected chi connectivity index (χ0v) is 13.6. The van der Waals surface area contributed by atoms with Gasteiger partial charge in [0.1, 0.15) is 11.6 Å². The second-order valence-corrected chi connectivity index (χ2v) is 6.72. The molecule has 120 valence electrons. The molecule has 1 aliphatic heterocycles. The van der Waals surface area contributed by atoms with E-state index >= 15 is 0 Å². The summed E-state index contributed by atoms with van der Waals surface area (Å²) in [5.74, 6) is 2.55. The third-order valence-electron chi connectivity index (χ3n) is 4.80. The monoisotopic (exact) mass is 309 g/mol. The number of aryl methyl sites for hydroxylation is 1. The molecule has 23 heavy (non-hydrogen) atoms. The van der Waals surface area contributed by atoms with Crippen LogP contribution in [0.3, 0.4) is 0 Å². The number of likely N-dealkylation sites (tertiary alicyclic amines) is 1. The maximum atomic E-state index is 4.81. The Morgan fingerprint density at radius 2 is 2.17 bits per heavy atom. The van der Waals surface area contributed by atoms with Crippen molar-refractivity contribution in [2.45, 2.75) is 38.6 Å². The SMILES string of the molecule is Cc1cccnc1Nc1cncc([C@@H]2CCCN2CC2CC2)n1. The Morgan fingerprint density at radius 3 is 3.00 bits per heavy atom. The third-order valence-corrected chi connectivity index (χ3v) is 4.80. The van der Waals surface area contributed by atoms with Crippen LogP contribution in [0.4, 0.5) is 11.6 Å². The fourth-order valence-corrected chi connectivity index (χ4v) is 3.35. The van der Waals surface area contributed by atoms with Crippen molar-refractivity contribution in [3.05, 3.63) is 42.0 Å². The number of hydrogen-bond donors (Lipinski definition) is 1. The van der Waals surface area contributed by atoms with Crippen LogP contribution in [0.15, 0.2) is 30.7 Å². The maximum absolute atomic E-state index is 4.81. The van der Waals surface area contributed by atoms with E-state index in [0.717, 1.165) is 28.8 Å². The van der Waals surface area contributed by atoms with Crippen LogP contribution in [0.2, 0.25) is 0 Å². The molecule has 2 aromatic heterocycles. The first-order chi connectivity index (χ1) is 11.3. The smallest absolute Gasteiger partial charge is 0.150 e. The zero-order valence-electron chi connectivity index (χ0n) is 13.6. The van der Waals surface area contributed by atoms with Gasteiger partial charge >= 0.3 is 0 Å². The van der Waals surface area contributed by atoms with Crippen LogP contribution >= 0.6 is 0 Å². The van der Waals surface area contributed by atoms with Gasteiger partial charge in [-0.25, -0.2) is 9.97 Å². The second-order valence-electron chi connectivity index (χ2n) is 6.72. The topological polar surface area (TPSA) is 53.9 Å². The lowest BCUT2D eigenvalue weighted by molar-refractivity contribution is 0.242. The van der Waals surface area contributed by atoms with Crippen molar-refractivity contribution in [2.75, 3.05) is 18.4 Å². The van der Waals surface area contributed by atoms with Crippen LogP contribution in [0, 0.1) is 12.8 Å². The summed E-state index contributed by atoms with van der Waals surface area (Å²) >= 11 is 0. The van der Waals surface area contributed by atoms with E-state index in [4.69, 9.17) is 4.98 Å². The van der Waals surface area contributed by atoms with E-state index in [9.17, 15) is 0 Å². The summed E-state index contributed by atoms with van der Waals surface area (Å²) in [6.07, 6.45) is 10.7. The molecule has 1 atom stereocenters. The predicted octanol–water partition coefficient (Wildman–Crippen LogP) is 3.47. The molecular weight excluding hydrogens is 286 g/mol. The van der Waals surface area contributed by atoms with Crippen LogP contribution < -0.4 is 5.32 Å². The van der Waals surface area contributed by atoms with Crippen LogP contribution in [-0.2, 0) is 0 Å². The standard InChI is InChI=1S/C18H23N5/c1-13-4-2-8-20-18(13)22-17-11-19-10-15(21-17)16-5-3-9-23(16)12-14-6-7-14/h2,4,8,10-11,14,16H,3,5-7,9,12H2,1H3,(H,20,21,22)/t16-/m0/s1. The number of anilines is 2. The van der Waals surface area contributed by atoms with Crippen molar-refractivity contribution >= 4 is 11.6 Å². The number of hydrogen-bond acceptors (Lipinski definition) is 5. The fraction of sp³-hybridized carbons (Fsp3) is 0.500. The van der Waals surface area contributed by atoms with E-state index in [1.54, 1.807) is 12.4 Å². The van der Waals surface area contributed by atoms with Gasteiger partial charge in [0.2, 0.25) is 0 Å². The van der Waals surface area contributed by atoms with Crippen molar-refractivity contribution < 1.29 is 0 Å². The van der Waals surface area contributed by atoms with Gasteiger partial charge in [-0.05, 0) is 56.7 Å². The first kappa shape index (κ1) is 14.6. The van der Waals surface area contributed by atoms with E-state index in [0.29, 0.717) is 6.04 Å². The van der Waals surface area contributed by atoms with Crippen molar-refractivity contribution in [3.8, 4) is 0 Å². The molecule has 2 aromatic rings. The summed E-state index contributed by atoms with van der Waals surface area (Å²) in [5.41, 5.74) is 2.19. The number of rotatable bonds is 5. The molecular formula is C18H23N5. The van der Waals surface area contributed by atoms with Gasteiger partial charge in [0.05, 0.1) is 24.1 Å². The van der Waals surface area contributed by atoms with Crippen molar-refractivity contribution in [2.24, 2.45) is 5.92 Å². The first-order valence-electron chi connectivity index (χ1n) is 8.54. The van der Waals surface area contributed by atoms with Gasteiger partial charge in [0, 0.05) is 12.7 Å². The van der Waals surface area contributed by atoms with Crippen LogP contribution in [-0.4, -0.2) is 32.9 Å². The minimum atomic E-state index is 0.426. The Kier molecular flexibility index (Phi) is 3.95.